The Bertz CT molecular complexity index is 1010. The van der Waals surface area contributed by atoms with E-state index in [1.165, 1.54) is 12.1 Å². The van der Waals surface area contributed by atoms with Crippen LogP contribution in [-0.2, 0) is 16.1 Å². The molecular formula is C22H26FN3O3. The number of carbonyl (C=O) groups excluding carboxylic acids is 2. The van der Waals surface area contributed by atoms with Gasteiger partial charge in [-0.05, 0) is 64.1 Å². The van der Waals surface area contributed by atoms with Gasteiger partial charge in [-0.15, -0.1) is 0 Å². The number of hydrogen-bond acceptors (Lipinski definition) is 3. The van der Waals surface area contributed by atoms with Crippen molar-refractivity contribution in [1.29, 1.82) is 0 Å². The van der Waals surface area contributed by atoms with E-state index in [4.69, 9.17) is 4.74 Å². The molecule has 0 atom stereocenters. The van der Waals surface area contributed by atoms with E-state index in [9.17, 15) is 14.0 Å². The maximum Gasteiger partial charge on any atom is 0.355 e. The lowest BCUT2D eigenvalue weighted by atomic mass is 10.3. The normalized spacial score (nSPS) is 11.2. The van der Waals surface area contributed by atoms with Gasteiger partial charge in [-0.3, -0.25) is 4.79 Å². The van der Waals surface area contributed by atoms with E-state index in [-0.39, 0.29) is 24.4 Å². The van der Waals surface area contributed by atoms with Crippen molar-refractivity contribution in [3.63, 3.8) is 0 Å². The van der Waals surface area contributed by atoms with Crippen molar-refractivity contribution >= 4 is 22.9 Å². The van der Waals surface area contributed by atoms with Crippen LogP contribution in [0.1, 0.15) is 38.2 Å². The van der Waals surface area contributed by atoms with Crippen LogP contribution < -0.4 is 0 Å². The maximum atomic E-state index is 13.3. The van der Waals surface area contributed by atoms with Gasteiger partial charge in [0.05, 0.1) is 17.1 Å². The number of amides is 1. The van der Waals surface area contributed by atoms with E-state index in [0.29, 0.717) is 18.8 Å². The summed E-state index contributed by atoms with van der Waals surface area (Å²) in [4.78, 5) is 27.2. The van der Waals surface area contributed by atoms with Gasteiger partial charge in [-0.25, -0.2) is 9.18 Å². The predicted octanol–water partition coefficient (Wildman–Crippen LogP) is 4.00. The van der Waals surface area contributed by atoms with Crippen LogP contribution in [0.4, 0.5) is 4.39 Å². The van der Waals surface area contributed by atoms with Crippen LogP contribution in [0.15, 0.2) is 42.6 Å². The van der Waals surface area contributed by atoms with Crippen molar-refractivity contribution in [3.05, 3.63) is 54.1 Å². The number of halogens is 1. The summed E-state index contributed by atoms with van der Waals surface area (Å²) in [7, 11) is 0. The minimum atomic E-state index is -0.478. The van der Waals surface area contributed by atoms with Crippen LogP contribution in [-0.4, -0.2) is 45.1 Å². The van der Waals surface area contributed by atoms with Gasteiger partial charge < -0.3 is 18.8 Å². The molecule has 0 aliphatic rings. The van der Waals surface area contributed by atoms with E-state index in [1.54, 1.807) is 41.5 Å². The van der Waals surface area contributed by atoms with Crippen LogP contribution in [0.5, 0.6) is 0 Å². The summed E-state index contributed by atoms with van der Waals surface area (Å²) in [6.07, 6.45) is 1.57. The molecule has 0 spiro atoms. The summed E-state index contributed by atoms with van der Waals surface area (Å²) >= 11 is 0. The third-order valence-electron chi connectivity index (χ3n) is 4.82. The fraction of sp³-hybridized carbons (Fsp3) is 0.364. The van der Waals surface area contributed by atoms with Gasteiger partial charge in [0.1, 0.15) is 18.1 Å². The highest BCUT2D eigenvalue weighted by atomic mass is 19.1. The second kappa shape index (κ2) is 8.51. The van der Waals surface area contributed by atoms with Crippen LogP contribution >= 0.6 is 0 Å². The fourth-order valence-electron chi connectivity index (χ4n) is 3.40. The van der Waals surface area contributed by atoms with Crippen molar-refractivity contribution in [3.8, 4) is 5.69 Å². The van der Waals surface area contributed by atoms with Crippen LogP contribution in [0, 0.1) is 5.82 Å². The van der Waals surface area contributed by atoms with E-state index in [2.05, 4.69) is 0 Å². The molecule has 7 heteroatoms. The summed E-state index contributed by atoms with van der Waals surface area (Å²) in [6.45, 7) is 8.65. The summed E-state index contributed by atoms with van der Waals surface area (Å²) < 4.78 is 22.3. The third-order valence-corrected chi connectivity index (χ3v) is 4.82. The first-order valence-corrected chi connectivity index (χ1v) is 9.81. The molecule has 0 radical (unpaired) electrons. The first kappa shape index (κ1) is 20.6. The summed E-state index contributed by atoms with van der Waals surface area (Å²) in [5.74, 6) is -0.865. The Balaban J connectivity index is 2.09. The van der Waals surface area contributed by atoms with Gasteiger partial charge in [0.2, 0.25) is 5.91 Å². The number of ether oxygens (including phenoxy) is 1. The summed E-state index contributed by atoms with van der Waals surface area (Å²) in [5, 5.41) is 0. The molecule has 29 heavy (non-hydrogen) atoms. The largest absolute Gasteiger partial charge is 0.458 e. The topological polar surface area (TPSA) is 56.5 Å². The molecule has 3 aromatic rings. The molecular weight excluding hydrogens is 373 g/mol. The van der Waals surface area contributed by atoms with Crippen LogP contribution in [0.25, 0.3) is 16.7 Å². The van der Waals surface area contributed by atoms with Crippen molar-refractivity contribution in [2.75, 3.05) is 13.1 Å². The molecule has 0 N–H and O–H groups in total. The Morgan fingerprint density at radius 1 is 1.07 bits per heavy atom. The minimum Gasteiger partial charge on any atom is -0.458 e. The third kappa shape index (κ3) is 4.18. The molecule has 3 rings (SSSR count). The molecule has 154 valence electrons. The van der Waals surface area contributed by atoms with Gasteiger partial charge in [-0.2, -0.15) is 0 Å². The first-order valence-electron chi connectivity index (χ1n) is 9.81. The zero-order valence-corrected chi connectivity index (χ0v) is 17.2. The summed E-state index contributed by atoms with van der Waals surface area (Å²) in [6, 6.07) is 9.67. The van der Waals surface area contributed by atoms with Gasteiger partial charge in [0, 0.05) is 25.0 Å². The lowest BCUT2D eigenvalue weighted by Gasteiger charge is -2.20. The molecule has 1 aromatic carbocycles. The molecule has 6 nitrogen and oxygen atoms in total. The van der Waals surface area contributed by atoms with Crippen molar-refractivity contribution in [2.45, 2.75) is 40.3 Å². The Labute approximate surface area is 169 Å². The number of hydrogen-bond donors (Lipinski definition) is 0. The minimum absolute atomic E-state index is 0.0428. The SMILES string of the molecule is CCN(CC)C(=O)Cn1c(C(=O)OC(C)C)cc2c1ccn2-c1ccc(F)cc1. The van der Waals surface area contributed by atoms with Crippen LogP contribution in [0.2, 0.25) is 0 Å². The van der Waals surface area contributed by atoms with Gasteiger partial charge in [-0.1, -0.05) is 0 Å². The van der Waals surface area contributed by atoms with Crippen molar-refractivity contribution < 1.29 is 18.7 Å². The predicted molar refractivity (Wildman–Crippen MR) is 110 cm³/mol. The molecule has 0 aliphatic heterocycles. The van der Waals surface area contributed by atoms with Crippen molar-refractivity contribution in [1.82, 2.24) is 14.0 Å². The van der Waals surface area contributed by atoms with E-state index in [1.807, 2.05) is 30.7 Å². The lowest BCUT2D eigenvalue weighted by Crippen LogP contribution is -2.34. The van der Waals surface area contributed by atoms with Crippen molar-refractivity contribution in [2.24, 2.45) is 0 Å². The number of fused-ring (bicyclic) bond motifs is 1. The Morgan fingerprint density at radius 3 is 2.31 bits per heavy atom. The fourth-order valence-corrected chi connectivity index (χ4v) is 3.40. The molecule has 0 fully saturated rings. The standard InChI is InChI=1S/C22H26FN3O3/c1-5-24(6-2)21(27)14-26-18-11-12-25(17-9-7-16(23)8-10-17)19(18)13-20(26)22(28)29-15(3)4/h7-13,15H,5-6,14H2,1-4H3. The molecule has 2 heterocycles. The van der Waals surface area contributed by atoms with Gasteiger partial charge >= 0.3 is 5.97 Å². The average molecular weight is 399 g/mol. The Morgan fingerprint density at radius 2 is 1.72 bits per heavy atom. The van der Waals surface area contributed by atoms with Gasteiger partial charge in [0.25, 0.3) is 0 Å². The second-order valence-corrected chi connectivity index (χ2v) is 7.07. The van der Waals surface area contributed by atoms with E-state index < -0.39 is 5.97 Å². The quantitative estimate of drug-likeness (QED) is 0.564. The molecule has 0 aliphatic carbocycles. The number of rotatable bonds is 7. The highest BCUT2D eigenvalue weighted by molar-refractivity contribution is 5.96. The lowest BCUT2D eigenvalue weighted by molar-refractivity contribution is -0.131. The number of benzene rings is 1. The number of likely N-dealkylation sites (N-methyl/N-ethyl adjacent to an activating group) is 1. The van der Waals surface area contributed by atoms with E-state index in [0.717, 1.165) is 16.7 Å². The monoisotopic (exact) mass is 399 g/mol. The number of nitrogens with zero attached hydrogens (tertiary/aromatic N) is 3. The first-order chi connectivity index (χ1) is 13.8. The summed E-state index contributed by atoms with van der Waals surface area (Å²) in [5.41, 5.74) is 2.57. The highest BCUT2D eigenvalue weighted by Gasteiger charge is 2.23. The molecule has 0 unspecified atom stereocenters. The van der Waals surface area contributed by atoms with E-state index >= 15 is 0 Å². The molecule has 0 saturated carbocycles. The second-order valence-electron chi connectivity index (χ2n) is 7.07. The zero-order chi connectivity index (χ0) is 21.1. The number of carbonyl (C=O) groups is 2. The molecule has 0 bridgehead atoms. The maximum absolute atomic E-state index is 13.3. The molecule has 2 aromatic heterocycles. The highest BCUT2D eigenvalue weighted by Crippen LogP contribution is 2.26. The zero-order valence-electron chi connectivity index (χ0n) is 17.2. The Hall–Kier alpha value is -3.09. The van der Waals surface area contributed by atoms with Gasteiger partial charge in [0.15, 0.2) is 0 Å². The number of esters is 1. The van der Waals surface area contributed by atoms with Crippen LogP contribution in [0.3, 0.4) is 0 Å². The number of aromatic nitrogens is 2. The molecule has 0 saturated heterocycles. The molecule has 1 amide bonds. The Kier molecular flexibility index (Phi) is 6.06. The smallest absolute Gasteiger partial charge is 0.355 e. The average Bonchev–Trinajstić information content (AvgIpc) is 3.23.